The predicted molar refractivity (Wildman–Crippen MR) is 92.2 cm³/mol. The van der Waals surface area contributed by atoms with E-state index in [1.807, 2.05) is 24.3 Å². The molecular formula is C18H13FN4S. The van der Waals surface area contributed by atoms with E-state index in [0.29, 0.717) is 10.9 Å². The van der Waals surface area contributed by atoms with Crippen molar-refractivity contribution in [3.8, 4) is 11.3 Å². The van der Waals surface area contributed by atoms with E-state index in [1.165, 1.54) is 17.7 Å². The first kappa shape index (κ1) is 14.8. The van der Waals surface area contributed by atoms with Gasteiger partial charge in [0.25, 0.3) is 5.78 Å². The molecule has 0 fully saturated rings. The number of hydrogen-bond acceptors (Lipinski definition) is 4. The first-order chi connectivity index (χ1) is 11.8. The molecule has 0 aliphatic heterocycles. The molecule has 4 rings (SSSR count). The molecule has 0 bridgehead atoms. The van der Waals surface area contributed by atoms with Crippen LogP contribution in [0.25, 0.3) is 17.0 Å². The van der Waals surface area contributed by atoms with Crippen LogP contribution in [0.15, 0.2) is 72.0 Å². The third kappa shape index (κ3) is 3.00. The molecule has 2 aromatic heterocycles. The lowest BCUT2D eigenvalue weighted by molar-refractivity contribution is 0.628. The van der Waals surface area contributed by atoms with Gasteiger partial charge in [0.2, 0.25) is 5.16 Å². The zero-order chi connectivity index (χ0) is 16.4. The standard InChI is InChI=1S/C18H13FN4S/c19-15-8-6-14(7-9-15)16-10-11-20-17-21-18(22-23(16)17)24-12-13-4-2-1-3-5-13/h1-11H,12H2. The summed E-state index contributed by atoms with van der Waals surface area (Å²) < 4.78 is 14.8. The number of rotatable bonds is 4. The molecule has 6 heteroatoms. The maximum Gasteiger partial charge on any atom is 0.253 e. The predicted octanol–water partition coefficient (Wildman–Crippen LogP) is 4.22. The Bertz CT molecular complexity index is 967. The number of aromatic nitrogens is 4. The van der Waals surface area contributed by atoms with Crippen molar-refractivity contribution in [2.45, 2.75) is 10.9 Å². The average Bonchev–Trinajstić information content (AvgIpc) is 3.05. The Morgan fingerprint density at radius 2 is 1.75 bits per heavy atom. The van der Waals surface area contributed by atoms with Gasteiger partial charge in [-0.3, -0.25) is 0 Å². The van der Waals surface area contributed by atoms with Crippen molar-refractivity contribution in [1.82, 2.24) is 19.6 Å². The van der Waals surface area contributed by atoms with E-state index in [1.54, 1.807) is 34.6 Å². The molecule has 4 nitrogen and oxygen atoms in total. The third-order valence-electron chi connectivity index (χ3n) is 3.57. The van der Waals surface area contributed by atoms with Crippen LogP contribution in [0.2, 0.25) is 0 Å². The summed E-state index contributed by atoms with van der Waals surface area (Å²) in [6, 6.07) is 18.3. The van der Waals surface area contributed by atoms with Crippen molar-refractivity contribution >= 4 is 17.5 Å². The average molecular weight is 336 g/mol. The fraction of sp³-hybridized carbons (Fsp3) is 0.0556. The largest absolute Gasteiger partial charge is 0.253 e. The molecule has 118 valence electrons. The topological polar surface area (TPSA) is 43.1 Å². The van der Waals surface area contributed by atoms with Crippen LogP contribution in [-0.4, -0.2) is 19.6 Å². The van der Waals surface area contributed by atoms with Gasteiger partial charge in [0.15, 0.2) is 0 Å². The van der Waals surface area contributed by atoms with Crippen LogP contribution >= 0.6 is 11.8 Å². The van der Waals surface area contributed by atoms with Gasteiger partial charge in [-0.05, 0) is 35.9 Å². The van der Waals surface area contributed by atoms with Gasteiger partial charge < -0.3 is 0 Å². The van der Waals surface area contributed by atoms with Gasteiger partial charge in [0, 0.05) is 17.5 Å². The SMILES string of the molecule is Fc1ccc(-c2ccnc3nc(SCc4ccccc4)nn23)cc1. The van der Waals surface area contributed by atoms with E-state index in [9.17, 15) is 4.39 Å². The van der Waals surface area contributed by atoms with Crippen molar-refractivity contribution < 1.29 is 4.39 Å². The molecule has 0 aliphatic rings. The molecule has 4 aromatic rings. The van der Waals surface area contributed by atoms with Gasteiger partial charge in [-0.1, -0.05) is 42.1 Å². The summed E-state index contributed by atoms with van der Waals surface area (Å²) in [6.45, 7) is 0. The maximum absolute atomic E-state index is 13.1. The summed E-state index contributed by atoms with van der Waals surface area (Å²) in [6.07, 6.45) is 1.69. The normalized spacial score (nSPS) is 11.0. The second-order valence-corrected chi connectivity index (χ2v) is 6.16. The highest BCUT2D eigenvalue weighted by Crippen LogP contribution is 2.23. The van der Waals surface area contributed by atoms with E-state index >= 15 is 0 Å². The molecule has 0 amide bonds. The molecular weight excluding hydrogens is 323 g/mol. The van der Waals surface area contributed by atoms with Crippen LogP contribution < -0.4 is 0 Å². The van der Waals surface area contributed by atoms with Crippen molar-refractivity contribution in [2.75, 3.05) is 0 Å². The second-order valence-electron chi connectivity index (χ2n) is 5.22. The lowest BCUT2D eigenvalue weighted by atomic mass is 10.1. The fourth-order valence-corrected chi connectivity index (χ4v) is 3.17. The quantitative estimate of drug-likeness (QED) is 0.523. The minimum absolute atomic E-state index is 0.262. The molecule has 0 aliphatic carbocycles. The lowest BCUT2D eigenvalue weighted by Gasteiger charge is -2.03. The Balaban J connectivity index is 1.65. The Kier molecular flexibility index (Phi) is 3.96. The number of nitrogens with zero attached hydrogens (tertiary/aromatic N) is 4. The molecule has 0 radical (unpaired) electrons. The first-order valence-electron chi connectivity index (χ1n) is 7.44. The maximum atomic E-state index is 13.1. The summed E-state index contributed by atoms with van der Waals surface area (Å²) in [5, 5.41) is 5.21. The summed E-state index contributed by atoms with van der Waals surface area (Å²) in [4.78, 5) is 8.72. The molecule has 24 heavy (non-hydrogen) atoms. The third-order valence-corrected chi connectivity index (χ3v) is 4.48. The highest BCUT2D eigenvalue weighted by molar-refractivity contribution is 7.98. The van der Waals surface area contributed by atoms with Crippen molar-refractivity contribution in [1.29, 1.82) is 0 Å². The number of hydrogen-bond donors (Lipinski definition) is 0. The molecule has 0 saturated carbocycles. The van der Waals surface area contributed by atoms with Gasteiger partial charge in [-0.25, -0.2) is 9.37 Å². The summed E-state index contributed by atoms with van der Waals surface area (Å²) in [5.74, 6) is 1.07. The highest BCUT2D eigenvalue weighted by atomic mass is 32.2. The van der Waals surface area contributed by atoms with Gasteiger partial charge >= 0.3 is 0 Å². The molecule has 0 spiro atoms. The molecule has 0 saturated heterocycles. The molecule has 2 aromatic carbocycles. The number of halogens is 1. The number of benzene rings is 2. The van der Waals surface area contributed by atoms with Gasteiger partial charge in [-0.2, -0.15) is 9.50 Å². The van der Waals surface area contributed by atoms with Crippen LogP contribution in [0.1, 0.15) is 5.56 Å². The molecule has 0 N–H and O–H groups in total. The van der Waals surface area contributed by atoms with Crippen molar-refractivity contribution in [3.05, 3.63) is 78.2 Å². The fourth-order valence-electron chi connectivity index (χ4n) is 2.40. The van der Waals surface area contributed by atoms with Crippen LogP contribution in [0.5, 0.6) is 0 Å². The van der Waals surface area contributed by atoms with E-state index in [0.717, 1.165) is 17.0 Å². The molecule has 2 heterocycles. The summed E-state index contributed by atoms with van der Waals surface area (Å²) >= 11 is 1.56. The monoisotopic (exact) mass is 336 g/mol. The number of fused-ring (bicyclic) bond motifs is 1. The van der Waals surface area contributed by atoms with Crippen LogP contribution in [0.3, 0.4) is 0 Å². The van der Waals surface area contributed by atoms with E-state index in [4.69, 9.17) is 0 Å². The number of thioether (sulfide) groups is 1. The van der Waals surface area contributed by atoms with E-state index in [-0.39, 0.29) is 5.82 Å². The zero-order valence-electron chi connectivity index (χ0n) is 12.6. The second kappa shape index (κ2) is 6.41. The zero-order valence-corrected chi connectivity index (χ0v) is 13.4. The molecule has 0 unspecified atom stereocenters. The smallest absolute Gasteiger partial charge is 0.220 e. The highest BCUT2D eigenvalue weighted by Gasteiger charge is 2.10. The van der Waals surface area contributed by atoms with E-state index < -0.39 is 0 Å². The summed E-state index contributed by atoms with van der Waals surface area (Å²) in [7, 11) is 0. The van der Waals surface area contributed by atoms with Crippen LogP contribution in [-0.2, 0) is 5.75 Å². The lowest BCUT2D eigenvalue weighted by Crippen LogP contribution is -1.95. The Labute approximate surface area is 142 Å². The minimum atomic E-state index is -0.262. The van der Waals surface area contributed by atoms with Gasteiger partial charge in [0.05, 0.1) is 5.69 Å². The Hall–Kier alpha value is -2.73. The van der Waals surface area contributed by atoms with Crippen molar-refractivity contribution in [3.63, 3.8) is 0 Å². The van der Waals surface area contributed by atoms with Crippen molar-refractivity contribution in [2.24, 2.45) is 0 Å². The van der Waals surface area contributed by atoms with Gasteiger partial charge in [-0.15, -0.1) is 5.10 Å². The minimum Gasteiger partial charge on any atom is -0.220 e. The van der Waals surface area contributed by atoms with Gasteiger partial charge in [0.1, 0.15) is 5.82 Å². The Morgan fingerprint density at radius 1 is 0.958 bits per heavy atom. The summed E-state index contributed by atoms with van der Waals surface area (Å²) in [5.41, 5.74) is 2.92. The first-order valence-corrected chi connectivity index (χ1v) is 8.42. The van der Waals surface area contributed by atoms with Crippen LogP contribution in [0.4, 0.5) is 4.39 Å². The van der Waals surface area contributed by atoms with Crippen LogP contribution in [0, 0.1) is 5.82 Å². The molecule has 0 atom stereocenters. The Morgan fingerprint density at radius 3 is 2.54 bits per heavy atom. The van der Waals surface area contributed by atoms with E-state index in [2.05, 4.69) is 27.2 Å².